The molecule has 0 aliphatic heterocycles. The molecular weight excluding hydrogens is 435 g/mol. The Morgan fingerprint density at radius 1 is 1.06 bits per heavy atom. The van der Waals surface area contributed by atoms with Gasteiger partial charge in [0.15, 0.2) is 6.61 Å². The van der Waals surface area contributed by atoms with Crippen LogP contribution in [0.5, 0.6) is 5.75 Å². The van der Waals surface area contributed by atoms with Gasteiger partial charge in [0, 0.05) is 28.2 Å². The second kappa shape index (κ2) is 11.4. The van der Waals surface area contributed by atoms with E-state index in [9.17, 15) is 9.59 Å². The number of nitrogens with zero attached hydrogens (tertiary/aromatic N) is 1. The third kappa shape index (κ3) is 7.15. The number of nitrogens with one attached hydrogen (secondary N) is 1. The summed E-state index contributed by atoms with van der Waals surface area (Å²) in [7, 11) is 0. The third-order valence-corrected chi connectivity index (χ3v) is 5.82. The molecule has 0 aromatic heterocycles. The van der Waals surface area contributed by atoms with E-state index in [0.29, 0.717) is 21.4 Å². The smallest absolute Gasteiger partial charge is 0.261 e. The number of hydrogen-bond acceptors (Lipinski definition) is 3. The number of hydrogen-bond donors (Lipinski definition) is 1. The largest absolute Gasteiger partial charge is 0.484 e. The number of halogens is 2. The highest BCUT2D eigenvalue weighted by Gasteiger charge is 2.28. The van der Waals surface area contributed by atoms with Gasteiger partial charge in [0.05, 0.1) is 0 Å². The van der Waals surface area contributed by atoms with Crippen LogP contribution in [0.4, 0.5) is 0 Å². The molecule has 0 aliphatic carbocycles. The third-order valence-electron chi connectivity index (χ3n) is 5.12. The summed E-state index contributed by atoms with van der Waals surface area (Å²) in [4.78, 5) is 27.4. The highest BCUT2D eigenvalue weighted by Crippen LogP contribution is 2.27. The molecular formula is C24H30Cl2N2O3. The summed E-state index contributed by atoms with van der Waals surface area (Å²) in [5.41, 5.74) is 2.68. The Morgan fingerprint density at radius 3 is 2.19 bits per heavy atom. The first-order valence-electron chi connectivity index (χ1n) is 10.4. The van der Waals surface area contributed by atoms with Gasteiger partial charge in [-0.25, -0.2) is 0 Å². The molecule has 0 aliphatic rings. The van der Waals surface area contributed by atoms with Crippen molar-refractivity contribution in [3.8, 4) is 5.75 Å². The van der Waals surface area contributed by atoms with Crippen molar-refractivity contribution in [2.24, 2.45) is 0 Å². The summed E-state index contributed by atoms with van der Waals surface area (Å²) in [6, 6.07) is 10.2. The highest BCUT2D eigenvalue weighted by atomic mass is 35.5. The van der Waals surface area contributed by atoms with Gasteiger partial charge in [0.25, 0.3) is 5.91 Å². The number of aryl methyl sites for hydroxylation is 2. The fourth-order valence-electron chi connectivity index (χ4n) is 3.15. The molecule has 2 aromatic carbocycles. The van der Waals surface area contributed by atoms with Gasteiger partial charge in [-0.2, -0.15) is 0 Å². The van der Waals surface area contributed by atoms with Crippen LogP contribution in [0, 0.1) is 13.8 Å². The van der Waals surface area contributed by atoms with E-state index in [-0.39, 0.29) is 31.0 Å². The number of benzene rings is 2. The standard InChI is InChI=1S/C24H30Cl2N2O3/c1-6-17(4)27-24(30)18(5)28(13-20-21(25)8-7-9-22(20)26)23(29)14-31-19-11-15(2)10-16(3)12-19/h7-12,17-18H,6,13-14H2,1-5H3,(H,27,30)/t17-,18+/m1/s1. The molecule has 0 fully saturated rings. The van der Waals surface area contributed by atoms with Crippen molar-refractivity contribution in [2.75, 3.05) is 6.61 Å². The number of carbonyl (C=O) groups excluding carboxylic acids is 2. The summed E-state index contributed by atoms with van der Waals surface area (Å²) in [6.07, 6.45) is 0.790. The maximum atomic E-state index is 13.1. The van der Waals surface area contributed by atoms with Crippen molar-refractivity contribution >= 4 is 35.0 Å². The van der Waals surface area contributed by atoms with Crippen LogP contribution in [0.15, 0.2) is 36.4 Å². The Labute approximate surface area is 194 Å². The Hall–Kier alpha value is -2.24. The molecule has 31 heavy (non-hydrogen) atoms. The number of amides is 2. The summed E-state index contributed by atoms with van der Waals surface area (Å²) >= 11 is 12.6. The summed E-state index contributed by atoms with van der Waals surface area (Å²) in [5.74, 6) is 0.0394. The lowest BCUT2D eigenvalue weighted by Gasteiger charge is -2.30. The lowest BCUT2D eigenvalue weighted by molar-refractivity contribution is -0.142. The average molecular weight is 465 g/mol. The lowest BCUT2D eigenvalue weighted by atomic mass is 10.1. The van der Waals surface area contributed by atoms with Crippen molar-refractivity contribution in [1.29, 1.82) is 0 Å². The Balaban J connectivity index is 2.24. The van der Waals surface area contributed by atoms with Gasteiger partial charge >= 0.3 is 0 Å². The minimum absolute atomic E-state index is 0.00215. The van der Waals surface area contributed by atoms with E-state index in [0.717, 1.165) is 17.5 Å². The summed E-state index contributed by atoms with van der Waals surface area (Å²) in [6.45, 7) is 9.43. The summed E-state index contributed by atoms with van der Waals surface area (Å²) < 4.78 is 5.75. The van der Waals surface area contributed by atoms with E-state index in [4.69, 9.17) is 27.9 Å². The monoisotopic (exact) mass is 464 g/mol. The molecule has 7 heteroatoms. The second-order valence-electron chi connectivity index (χ2n) is 7.83. The zero-order chi connectivity index (χ0) is 23.1. The SMILES string of the molecule is CC[C@@H](C)NC(=O)[C@H](C)N(Cc1c(Cl)cccc1Cl)C(=O)COc1cc(C)cc(C)c1. The van der Waals surface area contributed by atoms with Crippen molar-refractivity contribution in [1.82, 2.24) is 10.2 Å². The zero-order valence-electron chi connectivity index (χ0n) is 18.7. The van der Waals surface area contributed by atoms with E-state index >= 15 is 0 Å². The van der Waals surface area contributed by atoms with Gasteiger partial charge in [0.1, 0.15) is 11.8 Å². The fraction of sp³-hybridized carbons (Fsp3) is 0.417. The van der Waals surface area contributed by atoms with Gasteiger partial charge in [-0.3, -0.25) is 9.59 Å². The summed E-state index contributed by atoms with van der Waals surface area (Å²) in [5, 5.41) is 3.81. The maximum Gasteiger partial charge on any atom is 0.261 e. The Morgan fingerprint density at radius 2 is 1.65 bits per heavy atom. The van der Waals surface area contributed by atoms with Crippen LogP contribution in [0.2, 0.25) is 10.0 Å². The van der Waals surface area contributed by atoms with Crippen molar-refractivity contribution in [2.45, 2.75) is 59.7 Å². The van der Waals surface area contributed by atoms with Crippen LogP contribution < -0.4 is 10.1 Å². The topological polar surface area (TPSA) is 58.6 Å². The van der Waals surface area contributed by atoms with Gasteiger partial charge in [0.2, 0.25) is 5.91 Å². The number of ether oxygens (including phenoxy) is 1. The molecule has 0 saturated carbocycles. The number of carbonyl (C=O) groups is 2. The molecule has 0 spiro atoms. The molecule has 0 bridgehead atoms. The maximum absolute atomic E-state index is 13.1. The fourth-order valence-corrected chi connectivity index (χ4v) is 3.66. The zero-order valence-corrected chi connectivity index (χ0v) is 20.2. The Kier molecular flexibility index (Phi) is 9.20. The molecule has 1 N–H and O–H groups in total. The molecule has 0 unspecified atom stereocenters. The van der Waals surface area contributed by atoms with Crippen LogP contribution in [-0.2, 0) is 16.1 Å². The van der Waals surface area contributed by atoms with Gasteiger partial charge in [-0.1, -0.05) is 42.3 Å². The predicted octanol–water partition coefficient (Wildman–Crippen LogP) is 5.32. The van der Waals surface area contributed by atoms with E-state index < -0.39 is 6.04 Å². The molecule has 2 amide bonds. The van der Waals surface area contributed by atoms with E-state index in [1.807, 2.05) is 45.9 Å². The first-order valence-corrected chi connectivity index (χ1v) is 11.1. The van der Waals surface area contributed by atoms with Crippen molar-refractivity contribution in [3.05, 3.63) is 63.1 Å². The molecule has 0 saturated heterocycles. The van der Waals surface area contributed by atoms with E-state index in [2.05, 4.69) is 5.32 Å². The number of rotatable bonds is 9. The van der Waals surface area contributed by atoms with Gasteiger partial charge < -0.3 is 15.0 Å². The van der Waals surface area contributed by atoms with Crippen molar-refractivity contribution < 1.29 is 14.3 Å². The second-order valence-corrected chi connectivity index (χ2v) is 8.64. The van der Waals surface area contributed by atoms with Crippen LogP contribution in [0.25, 0.3) is 0 Å². The minimum Gasteiger partial charge on any atom is -0.484 e. The van der Waals surface area contributed by atoms with Crippen LogP contribution in [0.1, 0.15) is 43.9 Å². The molecule has 0 radical (unpaired) electrons. The quantitative estimate of drug-likeness (QED) is 0.545. The van der Waals surface area contributed by atoms with E-state index in [1.54, 1.807) is 25.1 Å². The molecule has 2 rings (SSSR count). The normalized spacial score (nSPS) is 12.7. The first kappa shape index (κ1) is 25.0. The van der Waals surface area contributed by atoms with Gasteiger partial charge in [-0.15, -0.1) is 0 Å². The highest BCUT2D eigenvalue weighted by molar-refractivity contribution is 6.36. The Bertz CT molecular complexity index is 893. The van der Waals surface area contributed by atoms with Gasteiger partial charge in [-0.05, 0) is 69.5 Å². The molecule has 2 aromatic rings. The molecule has 168 valence electrons. The van der Waals surface area contributed by atoms with Crippen LogP contribution in [-0.4, -0.2) is 35.4 Å². The van der Waals surface area contributed by atoms with Crippen LogP contribution in [0.3, 0.4) is 0 Å². The van der Waals surface area contributed by atoms with Crippen molar-refractivity contribution in [3.63, 3.8) is 0 Å². The first-order chi connectivity index (χ1) is 14.6. The lowest BCUT2D eigenvalue weighted by Crippen LogP contribution is -2.50. The molecule has 0 heterocycles. The van der Waals surface area contributed by atoms with Crippen LogP contribution >= 0.6 is 23.2 Å². The minimum atomic E-state index is -0.725. The molecule has 5 nitrogen and oxygen atoms in total. The predicted molar refractivity (Wildman–Crippen MR) is 126 cm³/mol. The van der Waals surface area contributed by atoms with E-state index in [1.165, 1.54) is 4.90 Å². The molecule has 2 atom stereocenters. The average Bonchev–Trinajstić information content (AvgIpc) is 2.70.